The molecule has 4 rings (SSSR count). The molecule has 2 aromatic carbocycles. The molecule has 172 valence electrons. The molecule has 1 N–H and O–H groups in total. The maximum Gasteiger partial charge on any atom is 0.289 e. The molecule has 0 spiro atoms. The Labute approximate surface area is 193 Å². The van der Waals surface area contributed by atoms with Crippen molar-refractivity contribution in [3.63, 3.8) is 0 Å². The first-order chi connectivity index (χ1) is 15.9. The van der Waals surface area contributed by atoms with Gasteiger partial charge in [0, 0.05) is 26.2 Å². The molecule has 3 amide bonds. The second kappa shape index (κ2) is 9.90. The lowest BCUT2D eigenvalue weighted by Gasteiger charge is -2.37. The molecule has 2 heterocycles. The lowest BCUT2D eigenvalue weighted by atomic mass is 9.99. The van der Waals surface area contributed by atoms with Crippen LogP contribution in [0.2, 0.25) is 0 Å². The van der Waals surface area contributed by atoms with Crippen molar-refractivity contribution in [2.24, 2.45) is 5.92 Å². The Hall–Kier alpha value is -3.61. The van der Waals surface area contributed by atoms with Gasteiger partial charge in [-0.1, -0.05) is 56.3 Å². The minimum absolute atomic E-state index is 0.0586. The summed E-state index contributed by atoms with van der Waals surface area (Å²) in [7, 11) is 0. The van der Waals surface area contributed by atoms with Crippen molar-refractivity contribution in [3.8, 4) is 0 Å². The highest BCUT2D eigenvalue weighted by atomic mass is 16.3. The summed E-state index contributed by atoms with van der Waals surface area (Å²) >= 11 is 0. The van der Waals surface area contributed by atoms with Gasteiger partial charge >= 0.3 is 0 Å². The van der Waals surface area contributed by atoms with Gasteiger partial charge < -0.3 is 19.5 Å². The first-order valence-electron chi connectivity index (χ1n) is 11.3. The Balaban J connectivity index is 1.37. The molecule has 1 aliphatic heterocycles. The molecule has 0 unspecified atom stereocenters. The molecule has 1 aromatic heterocycles. The van der Waals surface area contributed by atoms with E-state index < -0.39 is 6.04 Å². The first-order valence-corrected chi connectivity index (χ1v) is 11.3. The molecule has 1 atom stereocenters. The van der Waals surface area contributed by atoms with Gasteiger partial charge in [-0.3, -0.25) is 14.4 Å². The number of amides is 3. The molecular weight excluding hydrogens is 418 g/mol. The smallest absolute Gasteiger partial charge is 0.289 e. The van der Waals surface area contributed by atoms with E-state index in [1.807, 2.05) is 56.3 Å². The number of carbonyl (C=O) groups excluding carboxylic acids is 3. The van der Waals surface area contributed by atoms with Crippen LogP contribution in [0, 0.1) is 5.92 Å². The summed E-state index contributed by atoms with van der Waals surface area (Å²) in [5.41, 5.74) is 0.936. The van der Waals surface area contributed by atoms with E-state index in [4.69, 9.17) is 4.42 Å². The van der Waals surface area contributed by atoms with Crippen molar-refractivity contribution < 1.29 is 18.8 Å². The average Bonchev–Trinajstić information content (AvgIpc) is 3.37. The third kappa shape index (κ3) is 5.08. The van der Waals surface area contributed by atoms with Gasteiger partial charge in [-0.05, 0) is 34.4 Å². The van der Waals surface area contributed by atoms with Gasteiger partial charge in [0.25, 0.3) is 5.91 Å². The van der Waals surface area contributed by atoms with Crippen molar-refractivity contribution in [3.05, 3.63) is 72.2 Å². The van der Waals surface area contributed by atoms with Crippen LogP contribution in [-0.4, -0.2) is 59.7 Å². The highest BCUT2D eigenvalue weighted by Gasteiger charge is 2.32. The second-order valence-electron chi connectivity index (χ2n) is 8.70. The molecular formula is C26H29N3O4. The van der Waals surface area contributed by atoms with E-state index in [-0.39, 0.29) is 30.1 Å². The van der Waals surface area contributed by atoms with Gasteiger partial charge in [0.1, 0.15) is 6.04 Å². The summed E-state index contributed by atoms with van der Waals surface area (Å²) in [6.07, 6.45) is 1.68. The molecule has 1 saturated heterocycles. The molecule has 3 aromatic rings. The largest absolute Gasteiger partial charge is 0.459 e. The van der Waals surface area contributed by atoms with Gasteiger partial charge in [0.15, 0.2) is 5.76 Å². The van der Waals surface area contributed by atoms with Crippen LogP contribution in [0.25, 0.3) is 10.8 Å². The Kier molecular flexibility index (Phi) is 6.77. The van der Waals surface area contributed by atoms with Crippen LogP contribution in [-0.2, 0) is 16.0 Å². The van der Waals surface area contributed by atoms with Gasteiger partial charge in [0.05, 0.1) is 12.7 Å². The lowest BCUT2D eigenvalue weighted by Crippen LogP contribution is -2.57. The SMILES string of the molecule is CC(C)[C@@H](NC(=O)Cc1cccc2ccccc12)C(=O)N1CCN(C(=O)c2ccco2)CC1. The summed E-state index contributed by atoms with van der Waals surface area (Å²) in [5.74, 6) is -0.213. The maximum atomic E-state index is 13.2. The number of nitrogens with zero attached hydrogens (tertiary/aromatic N) is 2. The average molecular weight is 448 g/mol. The standard InChI is InChI=1S/C26H29N3O4/c1-18(2)24(27-23(30)17-20-9-5-8-19-7-3-4-10-21(19)20)26(32)29-14-12-28(13-15-29)25(31)22-11-6-16-33-22/h3-11,16,18,24H,12-15,17H2,1-2H3,(H,27,30)/t24-/m1/s1. The Bertz CT molecular complexity index is 1130. The zero-order chi connectivity index (χ0) is 23.4. The number of hydrogen-bond donors (Lipinski definition) is 1. The highest BCUT2D eigenvalue weighted by Crippen LogP contribution is 2.19. The summed E-state index contributed by atoms with van der Waals surface area (Å²) in [4.78, 5) is 42.0. The fourth-order valence-corrected chi connectivity index (χ4v) is 4.24. The summed E-state index contributed by atoms with van der Waals surface area (Å²) in [6.45, 7) is 5.57. The highest BCUT2D eigenvalue weighted by molar-refractivity contribution is 5.93. The van der Waals surface area contributed by atoms with Crippen molar-refractivity contribution in [1.82, 2.24) is 15.1 Å². The van der Waals surface area contributed by atoms with E-state index in [2.05, 4.69) is 5.32 Å². The summed E-state index contributed by atoms with van der Waals surface area (Å²) in [6, 6.07) is 16.6. The number of piperazine rings is 1. The van der Waals surface area contributed by atoms with E-state index in [9.17, 15) is 14.4 Å². The lowest BCUT2D eigenvalue weighted by molar-refractivity contribution is -0.138. The minimum Gasteiger partial charge on any atom is -0.459 e. The van der Waals surface area contributed by atoms with E-state index in [1.54, 1.807) is 21.9 Å². The number of nitrogens with one attached hydrogen (secondary N) is 1. The quantitative estimate of drug-likeness (QED) is 0.630. The third-order valence-electron chi connectivity index (χ3n) is 6.09. The van der Waals surface area contributed by atoms with Gasteiger partial charge in [-0.25, -0.2) is 0 Å². The number of hydrogen-bond acceptors (Lipinski definition) is 4. The molecule has 1 fully saturated rings. The summed E-state index contributed by atoms with van der Waals surface area (Å²) < 4.78 is 5.19. The van der Waals surface area contributed by atoms with Crippen LogP contribution in [0.4, 0.5) is 0 Å². The van der Waals surface area contributed by atoms with Crippen LogP contribution >= 0.6 is 0 Å². The van der Waals surface area contributed by atoms with Crippen molar-refractivity contribution in [2.45, 2.75) is 26.3 Å². The summed E-state index contributed by atoms with van der Waals surface area (Å²) in [5, 5.41) is 5.08. The van der Waals surface area contributed by atoms with Crippen LogP contribution in [0.5, 0.6) is 0 Å². The zero-order valence-corrected chi connectivity index (χ0v) is 19.0. The Morgan fingerprint density at radius 2 is 1.61 bits per heavy atom. The Morgan fingerprint density at radius 1 is 0.909 bits per heavy atom. The first kappa shape index (κ1) is 22.6. The molecule has 7 heteroatoms. The number of fused-ring (bicyclic) bond motifs is 1. The molecule has 1 aliphatic rings. The Morgan fingerprint density at radius 3 is 2.30 bits per heavy atom. The minimum atomic E-state index is -0.611. The molecule has 0 aliphatic carbocycles. The molecule has 0 saturated carbocycles. The normalized spacial score (nSPS) is 15.0. The number of rotatable bonds is 6. The fourth-order valence-electron chi connectivity index (χ4n) is 4.24. The monoisotopic (exact) mass is 447 g/mol. The molecule has 7 nitrogen and oxygen atoms in total. The van der Waals surface area contributed by atoms with Gasteiger partial charge in [-0.15, -0.1) is 0 Å². The topological polar surface area (TPSA) is 82.9 Å². The van der Waals surface area contributed by atoms with Crippen molar-refractivity contribution in [1.29, 1.82) is 0 Å². The van der Waals surface area contributed by atoms with E-state index in [0.29, 0.717) is 31.9 Å². The second-order valence-corrected chi connectivity index (χ2v) is 8.70. The van der Waals surface area contributed by atoms with Crippen LogP contribution in [0.1, 0.15) is 30.0 Å². The van der Waals surface area contributed by atoms with Crippen LogP contribution in [0.3, 0.4) is 0 Å². The predicted molar refractivity (Wildman–Crippen MR) is 126 cm³/mol. The van der Waals surface area contributed by atoms with E-state index in [1.165, 1.54) is 6.26 Å². The number of carbonyl (C=O) groups is 3. The van der Waals surface area contributed by atoms with Crippen LogP contribution < -0.4 is 5.32 Å². The zero-order valence-electron chi connectivity index (χ0n) is 19.0. The van der Waals surface area contributed by atoms with E-state index >= 15 is 0 Å². The van der Waals surface area contributed by atoms with Crippen molar-refractivity contribution >= 4 is 28.5 Å². The molecule has 33 heavy (non-hydrogen) atoms. The molecule has 0 radical (unpaired) electrons. The number of furan rings is 1. The van der Waals surface area contributed by atoms with Crippen LogP contribution in [0.15, 0.2) is 65.3 Å². The predicted octanol–water partition coefficient (Wildman–Crippen LogP) is 3.10. The van der Waals surface area contributed by atoms with Gasteiger partial charge in [-0.2, -0.15) is 0 Å². The third-order valence-corrected chi connectivity index (χ3v) is 6.09. The fraction of sp³-hybridized carbons (Fsp3) is 0.346. The van der Waals surface area contributed by atoms with Crippen molar-refractivity contribution in [2.75, 3.05) is 26.2 Å². The number of benzene rings is 2. The maximum absolute atomic E-state index is 13.2. The molecule has 0 bridgehead atoms. The van der Waals surface area contributed by atoms with E-state index in [0.717, 1.165) is 16.3 Å². The van der Waals surface area contributed by atoms with Gasteiger partial charge in [0.2, 0.25) is 11.8 Å².